The molecule has 0 aliphatic heterocycles. The normalized spacial score (nSPS) is 20.8. The molecule has 1 saturated carbocycles. The van der Waals surface area contributed by atoms with Crippen molar-refractivity contribution in [1.29, 1.82) is 0 Å². The number of carbonyl (C=O) groups excluding carboxylic acids is 1. The zero-order valence-corrected chi connectivity index (χ0v) is 6.94. The van der Waals surface area contributed by atoms with Gasteiger partial charge in [-0.2, -0.15) is 0 Å². The average Bonchev–Trinajstić information content (AvgIpc) is 2.47. The van der Waals surface area contributed by atoms with Crippen molar-refractivity contribution in [2.45, 2.75) is 37.7 Å². The van der Waals surface area contributed by atoms with E-state index in [2.05, 4.69) is 0 Å². The van der Waals surface area contributed by atoms with Gasteiger partial charge in [0.25, 0.3) is 0 Å². The first-order valence-corrected chi connectivity index (χ1v) is 3.82. The Bertz CT molecular complexity index is 150. The van der Waals surface area contributed by atoms with Crippen molar-refractivity contribution in [3.63, 3.8) is 0 Å². The molecular formula is C7H11ClO2. The Hall–Kier alpha value is -0.240. The minimum Gasteiger partial charge on any atom is -0.462 e. The Morgan fingerprint density at radius 2 is 2.10 bits per heavy atom. The summed E-state index contributed by atoms with van der Waals surface area (Å²) in [6.07, 6.45) is 1.48. The fourth-order valence-corrected chi connectivity index (χ4v) is 0.773. The van der Waals surface area contributed by atoms with Crippen molar-refractivity contribution in [1.82, 2.24) is 0 Å². The van der Waals surface area contributed by atoms with Crippen LogP contribution in [0.15, 0.2) is 0 Å². The second kappa shape index (κ2) is 2.42. The van der Waals surface area contributed by atoms with Crippen molar-refractivity contribution in [3.05, 3.63) is 0 Å². The third-order valence-electron chi connectivity index (χ3n) is 1.40. The molecule has 0 unspecified atom stereocenters. The summed E-state index contributed by atoms with van der Waals surface area (Å²) < 4.78 is 4.91. The molecule has 1 aliphatic carbocycles. The van der Waals surface area contributed by atoms with Gasteiger partial charge in [0.2, 0.25) is 0 Å². The zero-order chi connectivity index (χ0) is 7.78. The first-order valence-electron chi connectivity index (χ1n) is 3.44. The number of halogens is 1. The third-order valence-corrected chi connectivity index (χ3v) is 1.93. The lowest BCUT2D eigenvalue weighted by molar-refractivity contribution is -0.147. The van der Waals surface area contributed by atoms with E-state index in [9.17, 15) is 4.79 Å². The van der Waals surface area contributed by atoms with Crippen LogP contribution in [0.1, 0.15) is 26.7 Å². The van der Waals surface area contributed by atoms with E-state index in [1.807, 2.05) is 13.8 Å². The summed E-state index contributed by atoms with van der Waals surface area (Å²) in [4.78, 5) is 10.3. The van der Waals surface area contributed by atoms with E-state index in [0.29, 0.717) is 0 Å². The molecular weight excluding hydrogens is 152 g/mol. The summed E-state index contributed by atoms with van der Waals surface area (Å²) in [7, 11) is 0. The molecule has 2 nitrogen and oxygen atoms in total. The first-order chi connectivity index (χ1) is 4.54. The van der Waals surface area contributed by atoms with Crippen LogP contribution in [0.4, 0.5) is 0 Å². The van der Waals surface area contributed by atoms with Crippen LogP contribution in [0.3, 0.4) is 0 Å². The second-order valence-electron chi connectivity index (χ2n) is 2.92. The lowest BCUT2D eigenvalue weighted by Gasteiger charge is -2.09. The van der Waals surface area contributed by atoms with E-state index >= 15 is 0 Å². The summed E-state index contributed by atoms with van der Waals surface area (Å²) in [5.41, 5.74) is 0. The van der Waals surface area contributed by atoms with Crippen LogP contribution in [0.25, 0.3) is 0 Å². The van der Waals surface area contributed by atoms with Crippen LogP contribution >= 0.6 is 11.6 Å². The highest BCUT2D eigenvalue weighted by Gasteiger charge is 2.50. The minimum atomic E-state index is -0.649. The van der Waals surface area contributed by atoms with Crippen LogP contribution in [0.5, 0.6) is 0 Å². The van der Waals surface area contributed by atoms with Crippen LogP contribution in [-0.4, -0.2) is 16.9 Å². The van der Waals surface area contributed by atoms with E-state index in [4.69, 9.17) is 16.3 Å². The Balaban J connectivity index is 2.35. The molecule has 0 aromatic heterocycles. The number of ether oxygens (including phenoxy) is 1. The highest BCUT2D eigenvalue weighted by atomic mass is 35.5. The molecule has 0 atom stereocenters. The number of esters is 1. The minimum absolute atomic E-state index is 0.0521. The summed E-state index contributed by atoms with van der Waals surface area (Å²) in [6.45, 7) is 3.64. The quantitative estimate of drug-likeness (QED) is 0.457. The molecule has 58 valence electrons. The summed E-state index contributed by atoms with van der Waals surface area (Å²) in [5.74, 6) is -0.260. The lowest BCUT2D eigenvalue weighted by atomic mass is 10.4. The fraction of sp³-hybridized carbons (Fsp3) is 0.857. The molecule has 0 saturated heterocycles. The van der Waals surface area contributed by atoms with E-state index in [1.165, 1.54) is 0 Å². The number of hydrogen-bond acceptors (Lipinski definition) is 2. The third kappa shape index (κ3) is 1.63. The van der Waals surface area contributed by atoms with E-state index in [-0.39, 0.29) is 12.1 Å². The Labute approximate surface area is 65.5 Å². The average molecular weight is 163 g/mol. The van der Waals surface area contributed by atoms with Gasteiger partial charge in [-0.15, -0.1) is 11.6 Å². The van der Waals surface area contributed by atoms with Crippen molar-refractivity contribution in [3.8, 4) is 0 Å². The molecule has 10 heavy (non-hydrogen) atoms. The van der Waals surface area contributed by atoms with Crippen molar-refractivity contribution in [2.24, 2.45) is 0 Å². The van der Waals surface area contributed by atoms with Crippen LogP contribution in [-0.2, 0) is 9.53 Å². The zero-order valence-electron chi connectivity index (χ0n) is 6.19. The molecule has 0 spiro atoms. The molecule has 1 rings (SSSR count). The molecule has 1 aliphatic rings. The fourth-order valence-electron chi connectivity index (χ4n) is 0.634. The molecule has 0 N–H and O–H groups in total. The SMILES string of the molecule is CC(C)OC(=O)C1(Cl)CC1. The van der Waals surface area contributed by atoms with Gasteiger partial charge in [-0.1, -0.05) is 0 Å². The van der Waals surface area contributed by atoms with Gasteiger partial charge in [0, 0.05) is 0 Å². The van der Waals surface area contributed by atoms with Crippen LogP contribution < -0.4 is 0 Å². The Morgan fingerprint density at radius 1 is 1.60 bits per heavy atom. The largest absolute Gasteiger partial charge is 0.462 e. The Kier molecular flexibility index (Phi) is 1.90. The molecule has 0 heterocycles. The second-order valence-corrected chi connectivity index (χ2v) is 3.64. The molecule has 0 amide bonds. The van der Waals surface area contributed by atoms with Crippen molar-refractivity contribution < 1.29 is 9.53 Å². The number of alkyl halides is 1. The lowest BCUT2D eigenvalue weighted by Crippen LogP contribution is -2.22. The standard InChI is InChI=1S/C7H11ClO2/c1-5(2)10-6(9)7(8)3-4-7/h5H,3-4H2,1-2H3. The van der Waals surface area contributed by atoms with E-state index in [1.54, 1.807) is 0 Å². The van der Waals surface area contributed by atoms with Crippen LogP contribution in [0.2, 0.25) is 0 Å². The predicted molar refractivity (Wildman–Crippen MR) is 39.0 cm³/mol. The predicted octanol–water partition coefficient (Wildman–Crippen LogP) is 1.71. The van der Waals surface area contributed by atoms with Crippen molar-refractivity contribution >= 4 is 17.6 Å². The van der Waals surface area contributed by atoms with Crippen molar-refractivity contribution in [2.75, 3.05) is 0 Å². The van der Waals surface area contributed by atoms with Gasteiger partial charge in [0.05, 0.1) is 6.10 Å². The van der Waals surface area contributed by atoms with Gasteiger partial charge in [0.1, 0.15) is 4.87 Å². The van der Waals surface area contributed by atoms with Gasteiger partial charge in [-0.05, 0) is 26.7 Å². The molecule has 1 fully saturated rings. The van der Waals surface area contributed by atoms with E-state index in [0.717, 1.165) is 12.8 Å². The molecule has 0 radical (unpaired) electrons. The summed E-state index contributed by atoms with van der Waals surface area (Å²) in [5, 5.41) is 0. The topological polar surface area (TPSA) is 26.3 Å². The van der Waals surface area contributed by atoms with Gasteiger partial charge in [0.15, 0.2) is 0 Å². The van der Waals surface area contributed by atoms with Gasteiger partial charge in [-0.3, -0.25) is 4.79 Å². The Morgan fingerprint density at radius 3 is 2.40 bits per heavy atom. The summed E-state index contributed by atoms with van der Waals surface area (Å²) in [6, 6.07) is 0. The summed E-state index contributed by atoms with van der Waals surface area (Å²) >= 11 is 5.76. The van der Waals surface area contributed by atoms with E-state index < -0.39 is 4.87 Å². The number of rotatable bonds is 2. The first kappa shape index (κ1) is 7.86. The van der Waals surface area contributed by atoms with Crippen LogP contribution in [0, 0.1) is 0 Å². The van der Waals surface area contributed by atoms with Gasteiger partial charge >= 0.3 is 5.97 Å². The van der Waals surface area contributed by atoms with Gasteiger partial charge < -0.3 is 4.74 Å². The highest BCUT2D eigenvalue weighted by molar-refractivity contribution is 6.36. The maximum atomic E-state index is 11.0. The number of carbonyl (C=O) groups is 1. The maximum Gasteiger partial charge on any atom is 0.327 e. The highest BCUT2D eigenvalue weighted by Crippen LogP contribution is 2.43. The maximum absolute atomic E-state index is 11.0. The molecule has 0 aromatic rings. The number of hydrogen-bond donors (Lipinski definition) is 0. The molecule has 0 bridgehead atoms. The molecule has 3 heteroatoms. The molecule has 0 aromatic carbocycles. The van der Waals surface area contributed by atoms with Gasteiger partial charge in [-0.25, -0.2) is 0 Å². The monoisotopic (exact) mass is 162 g/mol. The smallest absolute Gasteiger partial charge is 0.327 e.